The Labute approximate surface area is 148 Å². The van der Waals surface area contributed by atoms with Gasteiger partial charge in [-0.2, -0.15) is 0 Å². The van der Waals surface area contributed by atoms with Gasteiger partial charge in [-0.25, -0.2) is 0 Å². The zero-order valence-corrected chi connectivity index (χ0v) is 15.1. The molecule has 0 aliphatic carbocycles. The predicted octanol–water partition coefficient (Wildman–Crippen LogP) is 4.74. The maximum absolute atomic E-state index is 6.40. The van der Waals surface area contributed by atoms with Crippen LogP contribution >= 0.6 is 12.2 Å². The van der Waals surface area contributed by atoms with Gasteiger partial charge in [0.1, 0.15) is 5.75 Å². The average molecular weight is 338 g/mol. The molecule has 0 spiro atoms. The fraction of sp³-hybridized carbons (Fsp3) is 0.350. The highest BCUT2D eigenvalue weighted by Crippen LogP contribution is 2.45. The number of para-hydroxylation sites is 1. The van der Waals surface area contributed by atoms with Gasteiger partial charge in [0, 0.05) is 17.7 Å². The Balaban J connectivity index is 1.74. The highest BCUT2D eigenvalue weighted by molar-refractivity contribution is 7.80. The van der Waals surface area contributed by atoms with Gasteiger partial charge in [0.2, 0.25) is 0 Å². The topological polar surface area (TPSA) is 24.5 Å². The number of anilines is 1. The summed E-state index contributed by atoms with van der Waals surface area (Å²) in [6, 6.07) is 17.0. The quantitative estimate of drug-likeness (QED) is 0.799. The molecule has 2 aromatic rings. The lowest BCUT2D eigenvalue weighted by atomic mass is 9.90. The zero-order chi connectivity index (χ0) is 16.9. The Kier molecular flexibility index (Phi) is 3.53. The molecule has 1 fully saturated rings. The minimum atomic E-state index is -0.472. The van der Waals surface area contributed by atoms with Crippen LogP contribution in [0.1, 0.15) is 50.3 Å². The lowest BCUT2D eigenvalue weighted by Gasteiger charge is -2.52. The van der Waals surface area contributed by atoms with Crippen molar-refractivity contribution in [1.82, 2.24) is 5.32 Å². The minimum absolute atomic E-state index is 0.207. The molecule has 2 bridgehead atoms. The molecule has 24 heavy (non-hydrogen) atoms. The third kappa shape index (κ3) is 2.37. The van der Waals surface area contributed by atoms with Gasteiger partial charge in [-0.1, -0.05) is 44.2 Å². The van der Waals surface area contributed by atoms with Crippen LogP contribution in [0.2, 0.25) is 0 Å². The first-order chi connectivity index (χ1) is 11.5. The van der Waals surface area contributed by atoms with Gasteiger partial charge in [-0.05, 0) is 48.8 Å². The molecule has 2 aromatic carbocycles. The number of fused-ring (bicyclic) bond motifs is 4. The van der Waals surface area contributed by atoms with Crippen LogP contribution in [0, 0.1) is 0 Å². The third-order valence-electron chi connectivity index (χ3n) is 5.00. The molecule has 4 heteroatoms. The van der Waals surface area contributed by atoms with Crippen LogP contribution in [0.3, 0.4) is 0 Å². The first-order valence-corrected chi connectivity index (χ1v) is 8.87. The van der Waals surface area contributed by atoms with Crippen LogP contribution in [-0.2, 0) is 0 Å². The molecule has 1 saturated heterocycles. The average Bonchev–Trinajstić information content (AvgIpc) is 2.54. The van der Waals surface area contributed by atoms with Crippen LogP contribution in [0.4, 0.5) is 5.69 Å². The summed E-state index contributed by atoms with van der Waals surface area (Å²) in [5.41, 5.74) is 3.11. The number of nitrogens with one attached hydrogen (secondary N) is 1. The molecule has 4 rings (SSSR count). The summed E-state index contributed by atoms with van der Waals surface area (Å²) in [5.74, 6) is 1.46. The molecule has 124 valence electrons. The smallest absolute Gasteiger partial charge is 0.188 e. The molecule has 2 unspecified atom stereocenters. The number of hydrogen-bond donors (Lipinski definition) is 1. The Morgan fingerprint density at radius 1 is 1.17 bits per heavy atom. The summed E-state index contributed by atoms with van der Waals surface area (Å²) in [4.78, 5) is 2.11. The second-order valence-electron chi connectivity index (χ2n) is 7.10. The van der Waals surface area contributed by atoms with Crippen molar-refractivity contribution in [3.63, 3.8) is 0 Å². The summed E-state index contributed by atoms with van der Waals surface area (Å²) in [6.07, 6.45) is 0.857. The van der Waals surface area contributed by atoms with Gasteiger partial charge >= 0.3 is 0 Å². The van der Waals surface area contributed by atoms with Crippen LogP contribution in [0.15, 0.2) is 48.5 Å². The maximum atomic E-state index is 6.40. The molecule has 1 N–H and O–H groups in total. The van der Waals surface area contributed by atoms with Crippen molar-refractivity contribution >= 4 is 23.0 Å². The van der Waals surface area contributed by atoms with Gasteiger partial charge < -0.3 is 10.1 Å². The second kappa shape index (κ2) is 5.49. The molecule has 0 amide bonds. The van der Waals surface area contributed by atoms with Crippen LogP contribution in [-0.4, -0.2) is 10.8 Å². The zero-order valence-electron chi connectivity index (χ0n) is 14.2. The molecular formula is C20H22N2OS. The van der Waals surface area contributed by atoms with Gasteiger partial charge in [0.15, 0.2) is 10.8 Å². The summed E-state index contributed by atoms with van der Waals surface area (Å²) in [5, 5.41) is 4.22. The number of ether oxygens (including phenoxy) is 1. The Morgan fingerprint density at radius 2 is 1.88 bits per heavy atom. The molecule has 0 saturated carbocycles. The molecule has 2 heterocycles. The Bertz CT molecular complexity index is 786. The van der Waals surface area contributed by atoms with E-state index in [1.54, 1.807) is 0 Å². The van der Waals surface area contributed by atoms with Gasteiger partial charge in [-0.15, -0.1) is 0 Å². The molecular weight excluding hydrogens is 316 g/mol. The molecule has 0 radical (unpaired) electrons. The van der Waals surface area contributed by atoms with E-state index in [1.807, 2.05) is 18.2 Å². The molecule has 3 nitrogen and oxygen atoms in total. The van der Waals surface area contributed by atoms with Crippen molar-refractivity contribution in [3.8, 4) is 5.75 Å². The van der Waals surface area contributed by atoms with Crippen LogP contribution in [0.25, 0.3) is 0 Å². The van der Waals surface area contributed by atoms with E-state index in [2.05, 4.69) is 61.3 Å². The first kappa shape index (κ1) is 15.5. The van der Waals surface area contributed by atoms with Gasteiger partial charge in [0.25, 0.3) is 0 Å². The largest absolute Gasteiger partial charge is 0.467 e. The summed E-state index contributed by atoms with van der Waals surface area (Å²) in [6.45, 7) is 6.53. The summed E-state index contributed by atoms with van der Waals surface area (Å²) >= 11 is 5.68. The van der Waals surface area contributed by atoms with E-state index < -0.39 is 5.72 Å². The first-order valence-electron chi connectivity index (χ1n) is 8.46. The number of nitrogens with zero attached hydrogens (tertiary/aromatic N) is 1. The van der Waals surface area contributed by atoms with Gasteiger partial charge in [-0.3, -0.25) is 4.90 Å². The number of thiocarbonyl (C=S) groups is 1. The van der Waals surface area contributed by atoms with E-state index in [0.717, 1.165) is 23.0 Å². The van der Waals surface area contributed by atoms with Crippen molar-refractivity contribution in [3.05, 3.63) is 59.7 Å². The maximum Gasteiger partial charge on any atom is 0.188 e. The van der Waals surface area contributed by atoms with Crippen LogP contribution < -0.4 is 15.0 Å². The summed E-state index contributed by atoms with van der Waals surface area (Å²) in [7, 11) is 0. The van der Waals surface area contributed by atoms with E-state index in [9.17, 15) is 0 Å². The van der Waals surface area contributed by atoms with E-state index in [-0.39, 0.29) is 6.04 Å². The number of hydrogen-bond acceptors (Lipinski definition) is 2. The van der Waals surface area contributed by atoms with Crippen molar-refractivity contribution in [2.45, 2.75) is 44.9 Å². The van der Waals surface area contributed by atoms with E-state index in [0.29, 0.717) is 5.92 Å². The number of benzene rings is 2. The standard InChI is InChI=1S/C20H22N2OS/c1-13(2)14-8-10-15(11-9-14)22-19(24)21-17-12-20(22,3)23-18-7-5-4-6-16(17)18/h4-11,13,17H,12H2,1-3H3,(H,21,24). The fourth-order valence-electron chi connectivity index (χ4n) is 3.72. The third-order valence-corrected chi connectivity index (χ3v) is 5.30. The van der Waals surface area contributed by atoms with Crippen molar-refractivity contribution in [1.29, 1.82) is 0 Å². The van der Waals surface area contributed by atoms with Crippen molar-refractivity contribution < 1.29 is 4.74 Å². The van der Waals surface area contributed by atoms with Gasteiger partial charge in [0.05, 0.1) is 6.04 Å². The van der Waals surface area contributed by atoms with Crippen molar-refractivity contribution in [2.75, 3.05) is 4.90 Å². The minimum Gasteiger partial charge on any atom is -0.467 e. The Morgan fingerprint density at radius 3 is 2.58 bits per heavy atom. The Hall–Kier alpha value is -2.07. The second-order valence-corrected chi connectivity index (χ2v) is 7.49. The highest BCUT2D eigenvalue weighted by Gasteiger charge is 2.48. The van der Waals surface area contributed by atoms with Crippen molar-refractivity contribution in [2.24, 2.45) is 0 Å². The monoisotopic (exact) mass is 338 g/mol. The highest BCUT2D eigenvalue weighted by atomic mass is 32.1. The normalized spacial score (nSPS) is 25.1. The lowest BCUT2D eigenvalue weighted by Crippen LogP contribution is -2.65. The van der Waals surface area contributed by atoms with E-state index >= 15 is 0 Å². The summed E-state index contributed by atoms with van der Waals surface area (Å²) < 4.78 is 6.40. The van der Waals surface area contributed by atoms with E-state index in [1.165, 1.54) is 11.1 Å². The number of rotatable bonds is 2. The SMILES string of the molecule is CC(C)c1ccc(N2C(=S)NC3CC2(C)Oc2ccccc23)cc1. The predicted molar refractivity (Wildman–Crippen MR) is 102 cm³/mol. The molecule has 2 atom stereocenters. The fourth-order valence-corrected chi connectivity index (χ4v) is 4.16. The molecule has 2 aliphatic rings. The van der Waals surface area contributed by atoms with E-state index in [4.69, 9.17) is 17.0 Å². The molecule has 0 aromatic heterocycles. The van der Waals surface area contributed by atoms with Crippen LogP contribution in [0.5, 0.6) is 5.75 Å². The lowest BCUT2D eigenvalue weighted by molar-refractivity contribution is 0.0498. The molecule has 2 aliphatic heterocycles.